The highest BCUT2D eigenvalue weighted by atomic mass is 19.2. The number of rotatable bonds is 0. The van der Waals surface area contributed by atoms with Gasteiger partial charge in [-0.1, -0.05) is 151 Å². The molecular formula is C80H122F4N2O6. The molecule has 1 saturated carbocycles. The van der Waals surface area contributed by atoms with Gasteiger partial charge in [0.1, 0.15) is 11.6 Å². The van der Waals surface area contributed by atoms with Crippen molar-refractivity contribution in [3.05, 3.63) is 200 Å². The molecule has 0 N–H and O–H groups in total. The van der Waals surface area contributed by atoms with E-state index in [1.807, 2.05) is 92.0 Å². The van der Waals surface area contributed by atoms with E-state index in [2.05, 4.69) is 116 Å². The van der Waals surface area contributed by atoms with Crippen molar-refractivity contribution in [1.29, 1.82) is 0 Å². The van der Waals surface area contributed by atoms with E-state index >= 15 is 0 Å². The summed E-state index contributed by atoms with van der Waals surface area (Å²) in [5.41, 5.74) is 11.3. The number of hydrogen-bond donors (Lipinski definition) is 0. The van der Waals surface area contributed by atoms with Gasteiger partial charge in [-0.25, -0.2) is 17.6 Å². The van der Waals surface area contributed by atoms with Crippen molar-refractivity contribution >= 4 is 0 Å². The van der Waals surface area contributed by atoms with Crippen molar-refractivity contribution in [2.45, 2.75) is 228 Å². The fourth-order valence-corrected chi connectivity index (χ4v) is 8.71. The van der Waals surface area contributed by atoms with Crippen LogP contribution in [0.3, 0.4) is 0 Å². The summed E-state index contributed by atoms with van der Waals surface area (Å²) in [6, 6.07) is 30.2. The monoisotopic (exact) mass is 1280 g/mol. The van der Waals surface area contributed by atoms with Crippen molar-refractivity contribution in [2.75, 3.05) is 39.6 Å². The minimum Gasteiger partial charge on any atom is -0.378 e. The van der Waals surface area contributed by atoms with Crippen LogP contribution in [0.15, 0.2) is 109 Å². The molecule has 0 amide bonds. The van der Waals surface area contributed by atoms with Crippen LogP contribution in [0.4, 0.5) is 17.6 Å². The van der Waals surface area contributed by atoms with Crippen molar-refractivity contribution in [1.82, 2.24) is 9.97 Å². The largest absolute Gasteiger partial charge is 0.378 e. The summed E-state index contributed by atoms with van der Waals surface area (Å²) in [7, 11) is 0. The maximum Gasteiger partial charge on any atom is 0.161 e. The predicted molar refractivity (Wildman–Crippen MR) is 376 cm³/mol. The molecule has 2 unspecified atom stereocenters. The first kappa shape index (κ1) is 84.7. The average molecular weight is 1280 g/mol. The predicted octanol–water partition coefficient (Wildman–Crippen LogP) is 21.7. The molecule has 0 radical (unpaired) electrons. The maximum atomic E-state index is 12.6. The Morgan fingerprint density at radius 2 is 0.543 bits per heavy atom. The SMILES string of the molecule is CC1CCC(C)CC1.CC1CC[C@@H](C)CO1.CC1CC[C@@H](C)OC1.CC1COC(C)OC1.CC1COC(C)OC1.Cc1ccc(C)c(F)c1.Cc1ccc(C)c(F)c1.Cc1ccc(C)c(F)c1F.Cc1ccc(C)cc1.Cc1ccc(C)nc1.Cc1ccc(C)nc1. The minimum absolute atomic E-state index is 0.0196. The molecule has 11 rings (SSSR count). The van der Waals surface area contributed by atoms with Crippen LogP contribution in [0, 0.1) is 142 Å². The lowest BCUT2D eigenvalue weighted by Gasteiger charge is -2.24. The fourth-order valence-electron chi connectivity index (χ4n) is 8.71. The molecule has 0 bridgehead atoms. The van der Waals surface area contributed by atoms with E-state index in [0.717, 1.165) is 85.8 Å². The van der Waals surface area contributed by atoms with Crippen LogP contribution in [0.25, 0.3) is 0 Å². The van der Waals surface area contributed by atoms with Crippen molar-refractivity contribution < 1.29 is 46.0 Å². The second-order valence-electron chi connectivity index (χ2n) is 26.6. The first-order valence-corrected chi connectivity index (χ1v) is 33.7. The Balaban J connectivity index is 0.000000506. The molecule has 2 aromatic heterocycles. The molecule has 6 aromatic rings. The Hall–Kier alpha value is -5.34. The van der Waals surface area contributed by atoms with Gasteiger partial charge < -0.3 is 28.4 Å². The summed E-state index contributed by atoms with van der Waals surface area (Å²) in [5, 5.41) is 0. The van der Waals surface area contributed by atoms with E-state index in [-0.39, 0.29) is 24.2 Å². The van der Waals surface area contributed by atoms with Gasteiger partial charge in [0.25, 0.3) is 0 Å². The summed E-state index contributed by atoms with van der Waals surface area (Å²) >= 11 is 0. The molecule has 5 aliphatic rings. The Kier molecular flexibility index (Phi) is 44.5. The Bertz CT molecular complexity index is 2390. The third-order valence-corrected chi connectivity index (χ3v) is 15.7. The summed E-state index contributed by atoms with van der Waals surface area (Å²) in [5.74, 6) is 3.08. The van der Waals surface area contributed by atoms with E-state index in [1.54, 1.807) is 38.1 Å². The zero-order valence-electron chi connectivity index (χ0n) is 60.9. The molecule has 4 atom stereocenters. The molecule has 8 nitrogen and oxygen atoms in total. The minimum atomic E-state index is -0.736. The number of hydrogen-bond acceptors (Lipinski definition) is 8. The molecule has 0 spiro atoms. The van der Waals surface area contributed by atoms with E-state index in [1.165, 1.54) is 99.6 Å². The third kappa shape index (κ3) is 42.8. The van der Waals surface area contributed by atoms with Crippen LogP contribution in [-0.4, -0.2) is 74.4 Å². The molecule has 4 aliphatic heterocycles. The first-order valence-electron chi connectivity index (χ1n) is 33.7. The summed E-state index contributed by atoms with van der Waals surface area (Å²) in [4.78, 5) is 8.16. The van der Waals surface area contributed by atoms with E-state index in [4.69, 9.17) is 28.4 Å². The van der Waals surface area contributed by atoms with Crippen molar-refractivity contribution in [2.24, 2.45) is 35.5 Å². The molecule has 12 heteroatoms. The normalized spacial score (nSPS) is 22.7. The smallest absolute Gasteiger partial charge is 0.161 e. The van der Waals surface area contributed by atoms with Crippen LogP contribution in [-0.2, 0) is 28.4 Å². The van der Waals surface area contributed by atoms with Gasteiger partial charge in [0, 0.05) is 48.8 Å². The lowest BCUT2D eigenvalue weighted by molar-refractivity contribution is -0.187. The van der Waals surface area contributed by atoms with E-state index in [0.29, 0.717) is 46.3 Å². The van der Waals surface area contributed by atoms with E-state index in [9.17, 15) is 17.6 Å². The molecular weight excluding hydrogens is 1160 g/mol. The number of ether oxygens (including phenoxy) is 6. The third-order valence-electron chi connectivity index (χ3n) is 15.7. The van der Waals surface area contributed by atoms with Crippen LogP contribution in [0.5, 0.6) is 0 Å². The Labute approximate surface area is 556 Å². The van der Waals surface area contributed by atoms with Gasteiger partial charge in [0.2, 0.25) is 0 Å². The second-order valence-corrected chi connectivity index (χ2v) is 26.6. The van der Waals surface area contributed by atoms with Crippen LogP contribution >= 0.6 is 0 Å². The zero-order valence-corrected chi connectivity index (χ0v) is 60.9. The van der Waals surface area contributed by atoms with Gasteiger partial charge in [-0.05, 0) is 229 Å². The number of benzene rings is 4. The van der Waals surface area contributed by atoms with Crippen LogP contribution in [0.1, 0.15) is 188 Å². The lowest BCUT2D eigenvalue weighted by Crippen LogP contribution is -2.27. The molecule has 92 heavy (non-hydrogen) atoms. The van der Waals surface area contributed by atoms with Gasteiger partial charge >= 0.3 is 0 Å². The number of aromatic nitrogens is 2. The standard InChI is InChI=1S/C8H8F2.2C8H9F.C8H16.C8H10.2C7H9N.2C7H14O.2C6H12O2/c1-5-3-4-6(2)8(10)7(5)9;2*1-6-3-4-7(2)8(9)5-6;2*1-7-3-5-8(2)6-4-7;4*1-6-3-4-7(2)8-5-6;2*1-5-3-7-6(2)8-4-5/h3-4H,1-2H3;2*3-5H,1-2H3;7-8H,3-6H2,1-2H3;3-6H,1-2H3;2*3-5H,1-2H3;2*6-7H,3-5H2,1-2H3;2*5-6H,3-4H2,1-2H3/t;;;;;;;6?,7-;6-,7?;;/m.......11../s1. The Morgan fingerprint density at radius 1 is 0.283 bits per heavy atom. The average Bonchev–Trinajstić information content (AvgIpc) is 1.67. The van der Waals surface area contributed by atoms with Crippen LogP contribution in [0.2, 0.25) is 0 Å². The molecule has 1 aliphatic carbocycles. The lowest BCUT2D eigenvalue weighted by atomic mass is 9.84. The summed E-state index contributed by atoms with van der Waals surface area (Å²) in [6.07, 6.45) is 15.9. The highest BCUT2D eigenvalue weighted by Gasteiger charge is 2.17. The topological polar surface area (TPSA) is 81.2 Å². The number of halogens is 4. The number of nitrogens with zero attached hydrogens (tertiary/aromatic N) is 2. The fraction of sp³-hybridized carbons (Fsp3) is 0.575. The van der Waals surface area contributed by atoms with E-state index < -0.39 is 11.6 Å². The van der Waals surface area contributed by atoms with Crippen molar-refractivity contribution in [3.63, 3.8) is 0 Å². The summed E-state index contributed by atoms with van der Waals surface area (Å²) in [6.45, 7) is 49.5. The Morgan fingerprint density at radius 3 is 0.761 bits per heavy atom. The molecule has 4 aromatic carbocycles. The quantitative estimate of drug-likeness (QED) is 0.139. The van der Waals surface area contributed by atoms with Gasteiger partial charge in [0.05, 0.1) is 38.6 Å². The molecule has 6 heterocycles. The second kappa shape index (κ2) is 48.4. The zero-order chi connectivity index (χ0) is 69.3. The van der Waals surface area contributed by atoms with Gasteiger partial charge in [0.15, 0.2) is 24.2 Å². The van der Waals surface area contributed by atoms with Gasteiger partial charge in [-0.3, -0.25) is 9.97 Å². The summed E-state index contributed by atoms with van der Waals surface area (Å²) < 4.78 is 81.8. The highest BCUT2D eigenvalue weighted by Crippen LogP contribution is 2.27. The molecule has 4 saturated heterocycles. The maximum absolute atomic E-state index is 12.6. The molecule has 516 valence electrons. The number of aryl methyl sites for hydroxylation is 12. The first-order chi connectivity index (χ1) is 43.3. The van der Waals surface area contributed by atoms with Gasteiger partial charge in [-0.2, -0.15) is 0 Å². The van der Waals surface area contributed by atoms with Crippen LogP contribution < -0.4 is 0 Å². The molecule has 5 fully saturated rings. The highest BCUT2D eigenvalue weighted by molar-refractivity contribution is 5.25. The van der Waals surface area contributed by atoms with Gasteiger partial charge in [-0.15, -0.1) is 0 Å². The number of pyridine rings is 2. The van der Waals surface area contributed by atoms with Crippen molar-refractivity contribution in [3.8, 4) is 0 Å².